The molecule has 0 aliphatic heterocycles. The third kappa shape index (κ3) is 1.51. The maximum Gasteiger partial charge on any atom is 0.165 e. The van der Waals surface area contributed by atoms with Crippen molar-refractivity contribution in [2.75, 3.05) is 0 Å². The van der Waals surface area contributed by atoms with E-state index in [0.29, 0.717) is 0 Å². The summed E-state index contributed by atoms with van der Waals surface area (Å²) in [5.74, 6) is -1.80. The van der Waals surface area contributed by atoms with Gasteiger partial charge in [0.2, 0.25) is 0 Å². The predicted octanol–water partition coefficient (Wildman–Crippen LogP) is 1.24. The summed E-state index contributed by atoms with van der Waals surface area (Å²) in [6.45, 7) is 3.41. The summed E-state index contributed by atoms with van der Waals surface area (Å²) in [6.07, 6.45) is 1.60. The SMILES string of the molecule is C=CCc1c(O)c(O)cc(O)c1O. The van der Waals surface area contributed by atoms with E-state index in [1.165, 1.54) is 6.08 Å². The fraction of sp³-hybridized carbons (Fsp3) is 0.111. The fourth-order valence-electron chi connectivity index (χ4n) is 1.03. The van der Waals surface area contributed by atoms with Crippen LogP contribution < -0.4 is 0 Å². The molecule has 0 spiro atoms. The molecule has 4 heteroatoms. The van der Waals surface area contributed by atoms with Crippen molar-refractivity contribution < 1.29 is 20.4 Å². The molecule has 1 rings (SSSR count). The second-order valence-electron chi connectivity index (χ2n) is 2.58. The quantitative estimate of drug-likeness (QED) is 0.315. The van der Waals surface area contributed by atoms with Crippen LogP contribution in [-0.4, -0.2) is 20.4 Å². The molecule has 1 aromatic rings. The summed E-state index contributed by atoms with van der Waals surface area (Å²) in [6, 6.07) is 0.872. The third-order valence-electron chi connectivity index (χ3n) is 1.68. The smallest absolute Gasteiger partial charge is 0.165 e. The van der Waals surface area contributed by atoms with Crippen molar-refractivity contribution in [2.24, 2.45) is 0 Å². The largest absolute Gasteiger partial charge is 0.504 e. The van der Waals surface area contributed by atoms with Crippen LogP contribution in [0.5, 0.6) is 23.0 Å². The topological polar surface area (TPSA) is 80.9 Å². The van der Waals surface area contributed by atoms with E-state index in [9.17, 15) is 10.2 Å². The van der Waals surface area contributed by atoms with E-state index >= 15 is 0 Å². The molecule has 0 unspecified atom stereocenters. The van der Waals surface area contributed by atoms with Crippen molar-refractivity contribution in [1.82, 2.24) is 0 Å². The van der Waals surface area contributed by atoms with Crippen LogP contribution in [0.4, 0.5) is 0 Å². The van der Waals surface area contributed by atoms with Crippen LogP contribution in [0.1, 0.15) is 5.56 Å². The lowest BCUT2D eigenvalue weighted by atomic mass is 10.1. The molecule has 0 aliphatic carbocycles. The Balaban J connectivity index is 3.36. The predicted molar refractivity (Wildman–Crippen MR) is 47.0 cm³/mol. The third-order valence-corrected chi connectivity index (χ3v) is 1.68. The Labute approximate surface area is 75.0 Å². The molecule has 0 aliphatic rings. The molecule has 0 saturated carbocycles. The number of aromatic hydroxyl groups is 4. The van der Waals surface area contributed by atoms with Crippen LogP contribution in [-0.2, 0) is 6.42 Å². The van der Waals surface area contributed by atoms with Crippen molar-refractivity contribution >= 4 is 0 Å². The highest BCUT2D eigenvalue weighted by Gasteiger charge is 2.14. The van der Waals surface area contributed by atoms with Gasteiger partial charge in [0.1, 0.15) is 0 Å². The Morgan fingerprint density at radius 1 is 1.08 bits per heavy atom. The molecular formula is C9H10O4. The zero-order valence-electron chi connectivity index (χ0n) is 6.86. The van der Waals surface area contributed by atoms with Gasteiger partial charge in [0.25, 0.3) is 0 Å². The molecule has 0 radical (unpaired) electrons. The minimum atomic E-state index is -0.466. The molecule has 4 nitrogen and oxygen atoms in total. The molecule has 0 heterocycles. The summed E-state index contributed by atoms with van der Waals surface area (Å²) in [5, 5.41) is 36.7. The number of phenols is 4. The van der Waals surface area contributed by atoms with E-state index in [1.54, 1.807) is 0 Å². The Morgan fingerprint density at radius 2 is 1.54 bits per heavy atom. The van der Waals surface area contributed by atoms with Gasteiger partial charge in [0.05, 0.1) is 0 Å². The first-order valence-electron chi connectivity index (χ1n) is 3.64. The number of hydrogen-bond donors (Lipinski definition) is 4. The first-order chi connectivity index (χ1) is 6.07. The van der Waals surface area contributed by atoms with E-state index in [-0.39, 0.29) is 12.0 Å². The average molecular weight is 182 g/mol. The van der Waals surface area contributed by atoms with Crippen molar-refractivity contribution in [2.45, 2.75) is 6.42 Å². The molecule has 13 heavy (non-hydrogen) atoms. The van der Waals surface area contributed by atoms with Gasteiger partial charge in [-0.2, -0.15) is 0 Å². The molecule has 0 saturated heterocycles. The van der Waals surface area contributed by atoms with Gasteiger partial charge in [-0.1, -0.05) is 6.08 Å². The first kappa shape index (κ1) is 9.25. The lowest BCUT2D eigenvalue weighted by molar-refractivity contribution is 0.367. The Morgan fingerprint density at radius 3 is 1.92 bits per heavy atom. The summed E-state index contributed by atoms with van der Waals surface area (Å²) in [4.78, 5) is 0. The second-order valence-corrected chi connectivity index (χ2v) is 2.58. The standard InChI is InChI=1S/C9H10O4/c1-2-3-5-8(12)6(10)4-7(11)9(5)13/h2,4,10-13H,1,3H2. The van der Waals surface area contributed by atoms with Gasteiger partial charge in [-0.15, -0.1) is 6.58 Å². The number of hydrogen-bond acceptors (Lipinski definition) is 4. The van der Waals surface area contributed by atoms with E-state index < -0.39 is 23.0 Å². The van der Waals surface area contributed by atoms with Crippen molar-refractivity contribution in [3.05, 3.63) is 24.3 Å². The number of rotatable bonds is 2. The van der Waals surface area contributed by atoms with Crippen molar-refractivity contribution in [3.63, 3.8) is 0 Å². The molecule has 0 bridgehead atoms. The van der Waals surface area contributed by atoms with Crippen LogP contribution >= 0.6 is 0 Å². The molecule has 0 aromatic heterocycles. The molecule has 0 amide bonds. The second kappa shape index (κ2) is 3.26. The summed E-state index contributed by atoms with van der Waals surface area (Å²) in [7, 11) is 0. The van der Waals surface area contributed by atoms with Crippen LogP contribution in [0.3, 0.4) is 0 Å². The van der Waals surface area contributed by atoms with E-state index in [0.717, 1.165) is 6.07 Å². The zero-order chi connectivity index (χ0) is 10.0. The fourth-order valence-corrected chi connectivity index (χ4v) is 1.03. The Kier molecular flexibility index (Phi) is 2.32. The van der Waals surface area contributed by atoms with Crippen molar-refractivity contribution in [3.8, 4) is 23.0 Å². The maximum absolute atomic E-state index is 9.27. The van der Waals surface area contributed by atoms with Gasteiger partial charge in [-0.3, -0.25) is 0 Å². The molecule has 0 fully saturated rings. The van der Waals surface area contributed by atoms with E-state index in [4.69, 9.17) is 10.2 Å². The van der Waals surface area contributed by atoms with Gasteiger partial charge in [-0.25, -0.2) is 0 Å². The summed E-state index contributed by atoms with van der Waals surface area (Å²) < 4.78 is 0. The van der Waals surface area contributed by atoms with E-state index in [1.807, 2.05) is 0 Å². The zero-order valence-corrected chi connectivity index (χ0v) is 6.86. The van der Waals surface area contributed by atoms with Gasteiger partial charge >= 0.3 is 0 Å². The van der Waals surface area contributed by atoms with Gasteiger partial charge < -0.3 is 20.4 Å². The summed E-state index contributed by atoms with van der Waals surface area (Å²) in [5.41, 5.74) is 0.0625. The highest BCUT2D eigenvalue weighted by atomic mass is 16.3. The lowest BCUT2D eigenvalue weighted by Crippen LogP contribution is -1.85. The van der Waals surface area contributed by atoms with Gasteiger partial charge in [-0.05, 0) is 6.42 Å². The molecule has 1 aromatic carbocycles. The highest BCUT2D eigenvalue weighted by molar-refractivity contribution is 5.59. The average Bonchev–Trinajstić information content (AvgIpc) is 2.09. The normalized spacial score (nSPS) is 9.85. The van der Waals surface area contributed by atoms with Gasteiger partial charge in [0, 0.05) is 11.6 Å². The minimum Gasteiger partial charge on any atom is -0.504 e. The van der Waals surface area contributed by atoms with Crippen molar-refractivity contribution in [1.29, 1.82) is 0 Å². The highest BCUT2D eigenvalue weighted by Crippen LogP contribution is 2.42. The number of allylic oxidation sites excluding steroid dienone is 1. The maximum atomic E-state index is 9.27. The molecule has 70 valence electrons. The van der Waals surface area contributed by atoms with E-state index in [2.05, 4.69) is 6.58 Å². The van der Waals surface area contributed by atoms with Crippen LogP contribution in [0.15, 0.2) is 18.7 Å². The molecular weight excluding hydrogens is 172 g/mol. The monoisotopic (exact) mass is 182 g/mol. The lowest BCUT2D eigenvalue weighted by Gasteiger charge is -2.07. The Hall–Kier alpha value is -1.84. The van der Waals surface area contributed by atoms with Gasteiger partial charge in [0.15, 0.2) is 23.0 Å². The first-order valence-corrected chi connectivity index (χ1v) is 3.64. The number of benzene rings is 1. The number of phenolic OH excluding ortho intramolecular Hbond substituents is 4. The molecule has 4 N–H and O–H groups in total. The van der Waals surface area contributed by atoms with Crippen LogP contribution in [0.2, 0.25) is 0 Å². The molecule has 0 atom stereocenters. The Bertz CT molecular complexity index is 318. The minimum absolute atomic E-state index is 0.0625. The summed E-state index contributed by atoms with van der Waals surface area (Å²) >= 11 is 0. The van der Waals surface area contributed by atoms with Crippen LogP contribution in [0.25, 0.3) is 0 Å². The van der Waals surface area contributed by atoms with Crippen LogP contribution in [0, 0.1) is 0 Å².